The van der Waals surface area contributed by atoms with Gasteiger partial charge in [0.05, 0.1) is 12.3 Å². The Kier molecular flexibility index (Phi) is 8.47. The molecule has 174 valence electrons. The maximum atomic E-state index is 6.48. The lowest BCUT2D eigenvalue weighted by Crippen LogP contribution is -2.40. The highest BCUT2D eigenvalue weighted by Gasteiger charge is 2.37. The molecule has 1 aliphatic rings. The minimum Gasteiger partial charge on any atom is -0.412 e. The third-order valence-electron chi connectivity index (χ3n) is 6.71. The fourth-order valence-corrected chi connectivity index (χ4v) is 5.36. The van der Waals surface area contributed by atoms with Crippen LogP contribution in [0.5, 0.6) is 0 Å². The van der Waals surface area contributed by atoms with E-state index in [0.29, 0.717) is 12.5 Å². The lowest BCUT2D eigenvalue weighted by atomic mass is 9.93. The molecule has 4 nitrogen and oxygen atoms in total. The minimum atomic E-state index is -1.86. The number of nitrogens with zero attached hydrogens (tertiary/aromatic N) is 3. The third-order valence-corrected chi connectivity index (χ3v) is 12.1. The number of aromatic nitrogens is 1. The van der Waals surface area contributed by atoms with Crippen molar-refractivity contribution in [3.05, 3.63) is 58.9 Å². The second-order valence-electron chi connectivity index (χ2n) is 9.94. The number of thioether (sulfide) groups is 1. The highest BCUT2D eigenvalue weighted by molar-refractivity contribution is 8.13. The quantitative estimate of drug-likeness (QED) is 0.247. The van der Waals surface area contributed by atoms with Crippen molar-refractivity contribution in [3.8, 4) is 0 Å². The highest BCUT2D eigenvalue weighted by Crippen LogP contribution is 2.38. The first-order valence-corrected chi connectivity index (χ1v) is 15.8. The van der Waals surface area contributed by atoms with E-state index in [1.54, 1.807) is 11.8 Å². The lowest BCUT2D eigenvalue weighted by molar-refractivity contribution is 0.277. The topological polar surface area (TPSA) is 37.7 Å². The van der Waals surface area contributed by atoms with Crippen LogP contribution in [0.1, 0.15) is 50.8 Å². The molecule has 2 aromatic rings. The van der Waals surface area contributed by atoms with Gasteiger partial charge in [0, 0.05) is 41.5 Å². The zero-order valence-corrected chi connectivity index (χ0v) is 22.8. The predicted molar refractivity (Wildman–Crippen MR) is 142 cm³/mol. The number of pyridine rings is 1. The van der Waals surface area contributed by atoms with Crippen LogP contribution in [0.3, 0.4) is 0 Å². The predicted octanol–water partition coefficient (Wildman–Crippen LogP) is 7.49. The first-order valence-electron chi connectivity index (χ1n) is 11.3. The van der Waals surface area contributed by atoms with Crippen molar-refractivity contribution in [3.63, 3.8) is 0 Å². The molecule has 0 bridgehead atoms. The van der Waals surface area contributed by atoms with Crippen LogP contribution in [0.25, 0.3) is 0 Å². The molecule has 1 fully saturated rings. The molecule has 0 radical (unpaired) electrons. The molecule has 0 N–H and O–H groups in total. The Morgan fingerprint density at radius 3 is 2.53 bits per heavy atom. The first kappa shape index (κ1) is 25.3. The van der Waals surface area contributed by atoms with Crippen LogP contribution in [0.2, 0.25) is 23.2 Å². The second kappa shape index (κ2) is 10.7. The molecule has 0 atom stereocenters. The largest absolute Gasteiger partial charge is 0.412 e. The Balaban J connectivity index is 1.74. The number of hydrogen-bond acceptors (Lipinski definition) is 4. The molecule has 32 heavy (non-hydrogen) atoms. The normalized spacial score (nSPS) is 16.5. The van der Waals surface area contributed by atoms with Crippen molar-refractivity contribution < 1.29 is 4.43 Å². The lowest BCUT2D eigenvalue weighted by Gasteiger charge is -2.36. The summed E-state index contributed by atoms with van der Waals surface area (Å²) < 4.78 is 6.48. The van der Waals surface area contributed by atoms with E-state index in [1.165, 1.54) is 5.69 Å². The van der Waals surface area contributed by atoms with Gasteiger partial charge in [-0.1, -0.05) is 50.2 Å². The van der Waals surface area contributed by atoms with Gasteiger partial charge in [0.1, 0.15) is 0 Å². The zero-order chi connectivity index (χ0) is 23.4. The van der Waals surface area contributed by atoms with Gasteiger partial charge in [0.25, 0.3) is 0 Å². The molecule has 0 unspecified atom stereocenters. The van der Waals surface area contributed by atoms with Gasteiger partial charge in [0.15, 0.2) is 13.5 Å². The molecule has 0 amide bonds. The summed E-state index contributed by atoms with van der Waals surface area (Å²) in [5.74, 6) is 0.527. The van der Waals surface area contributed by atoms with Crippen LogP contribution in [0, 0.1) is 0 Å². The average molecular weight is 490 g/mol. The van der Waals surface area contributed by atoms with Gasteiger partial charge in [0.2, 0.25) is 0 Å². The van der Waals surface area contributed by atoms with Gasteiger partial charge < -0.3 is 9.33 Å². The molecule has 1 aliphatic heterocycles. The first-order chi connectivity index (χ1) is 15.1. The van der Waals surface area contributed by atoms with Crippen LogP contribution in [0.15, 0.2) is 47.6 Å². The number of rotatable bonds is 5. The Bertz CT molecular complexity index is 923. The van der Waals surface area contributed by atoms with Gasteiger partial charge >= 0.3 is 0 Å². The number of benzene rings is 1. The minimum absolute atomic E-state index is 0.164. The summed E-state index contributed by atoms with van der Waals surface area (Å²) in [7, 11) is -1.86. The van der Waals surface area contributed by atoms with E-state index in [9.17, 15) is 0 Å². The van der Waals surface area contributed by atoms with E-state index in [0.717, 1.165) is 47.4 Å². The molecule has 7 heteroatoms. The number of aliphatic imine (C=N–C) groups is 1. The fourth-order valence-electron chi connectivity index (χ4n) is 3.59. The van der Waals surface area contributed by atoms with E-state index in [4.69, 9.17) is 21.0 Å². The van der Waals surface area contributed by atoms with Gasteiger partial charge in [-0.2, -0.15) is 0 Å². The highest BCUT2D eigenvalue weighted by atomic mass is 35.5. The molecule has 2 heterocycles. The van der Waals surface area contributed by atoms with Crippen LogP contribution in [-0.2, 0) is 11.0 Å². The maximum Gasteiger partial charge on any atom is 0.192 e. The molecule has 0 spiro atoms. The molecule has 1 saturated heterocycles. The summed E-state index contributed by atoms with van der Waals surface area (Å²) >= 11 is 8.04. The molecule has 1 aromatic heterocycles. The number of amidine groups is 1. The van der Waals surface area contributed by atoms with Crippen LogP contribution < -0.4 is 0 Å². The Labute approximate surface area is 204 Å². The van der Waals surface area contributed by atoms with Crippen LogP contribution >= 0.6 is 23.4 Å². The summed E-state index contributed by atoms with van der Waals surface area (Å²) in [6.45, 7) is 13.9. The van der Waals surface area contributed by atoms with Gasteiger partial charge in [-0.25, -0.2) is 4.99 Å². The van der Waals surface area contributed by atoms with Crippen molar-refractivity contribution in [1.29, 1.82) is 0 Å². The monoisotopic (exact) mass is 489 g/mol. The van der Waals surface area contributed by atoms with Crippen molar-refractivity contribution in [2.45, 2.75) is 64.3 Å². The average Bonchev–Trinajstić information content (AvgIpc) is 2.77. The maximum absolute atomic E-state index is 6.48. The van der Waals surface area contributed by atoms with Gasteiger partial charge in [-0.15, -0.1) is 0 Å². The summed E-state index contributed by atoms with van der Waals surface area (Å²) in [5, 5.41) is 1.94. The van der Waals surface area contributed by atoms with Gasteiger partial charge in [-0.3, -0.25) is 4.98 Å². The van der Waals surface area contributed by atoms with E-state index in [-0.39, 0.29) is 5.04 Å². The molecule has 0 saturated carbocycles. The summed E-state index contributed by atoms with van der Waals surface area (Å²) in [6.07, 6.45) is 6.19. The molecule has 1 aromatic carbocycles. The van der Waals surface area contributed by atoms with E-state index in [1.807, 2.05) is 30.5 Å². The summed E-state index contributed by atoms with van der Waals surface area (Å²) in [6, 6.07) is 12.1. The zero-order valence-electron chi connectivity index (χ0n) is 20.2. The summed E-state index contributed by atoms with van der Waals surface area (Å²) in [4.78, 5) is 12.0. The van der Waals surface area contributed by atoms with Crippen molar-refractivity contribution in [2.75, 3.05) is 19.3 Å². The fraction of sp³-hybridized carbons (Fsp3) is 0.520. The van der Waals surface area contributed by atoms with E-state index >= 15 is 0 Å². The van der Waals surface area contributed by atoms with Crippen molar-refractivity contribution >= 4 is 42.5 Å². The standard InChI is InChI=1S/C25H36ClN3OSSi/c1-25(2,3)32(5,6)30-18-20-17-21(26)10-11-23(20)28-24(31-4)29-15-12-19(13-16-29)22-9-7-8-14-27-22/h7-11,14,17,19H,12-13,15-16,18H2,1-6H3. The number of hydrogen-bond donors (Lipinski definition) is 0. The Hall–Kier alpha value is -1.34. The molecule has 3 rings (SSSR count). The number of halogens is 1. The smallest absolute Gasteiger partial charge is 0.192 e. The molecular formula is C25H36ClN3OSSi. The number of piperidine rings is 1. The summed E-state index contributed by atoms with van der Waals surface area (Å²) in [5.41, 5.74) is 3.21. The molecular weight excluding hydrogens is 454 g/mol. The van der Waals surface area contributed by atoms with E-state index in [2.05, 4.69) is 62.1 Å². The van der Waals surface area contributed by atoms with E-state index < -0.39 is 8.32 Å². The van der Waals surface area contributed by atoms with Crippen LogP contribution in [0.4, 0.5) is 5.69 Å². The Morgan fingerprint density at radius 2 is 1.94 bits per heavy atom. The third kappa shape index (κ3) is 6.37. The van der Waals surface area contributed by atoms with Crippen molar-refractivity contribution in [2.24, 2.45) is 4.99 Å². The Morgan fingerprint density at radius 1 is 1.22 bits per heavy atom. The second-order valence-corrected chi connectivity index (χ2v) is 16.0. The van der Waals surface area contributed by atoms with Crippen molar-refractivity contribution in [1.82, 2.24) is 9.88 Å². The molecule has 0 aliphatic carbocycles. The van der Waals surface area contributed by atoms with Gasteiger partial charge in [-0.05, 0) is 67.6 Å². The van der Waals surface area contributed by atoms with Crippen LogP contribution in [-0.4, -0.2) is 42.7 Å². The number of likely N-dealkylation sites (tertiary alicyclic amines) is 1. The SMILES string of the molecule is CSC(=Nc1ccc(Cl)cc1CO[Si](C)(C)C(C)(C)C)N1CCC(c2ccccn2)CC1.